The first-order chi connectivity index (χ1) is 10.2. The van der Waals surface area contributed by atoms with Crippen LogP contribution in [0.4, 0.5) is 5.69 Å². The molecule has 3 N–H and O–H groups in total. The molecule has 0 radical (unpaired) electrons. The van der Waals surface area contributed by atoms with E-state index < -0.39 is 0 Å². The van der Waals surface area contributed by atoms with Gasteiger partial charge in [-0.15, -0.1) is 0 Å². The highest BCUT2D eigenvalue weighted by Gasteiger charge is 2.09. The van der Waals surface area contributed by atoms with Gasteiger partial charge in [0.15, 0.2) is 6.61 Å². The topological polar surface area (TPSA) is 94.4 Å². The van der Waals surface area contributed by atoms with E-state index in [0.29, 0.717) is 23.2 Å². The van der Waals surface area contributed by atoms with E-state index in [1.54, 1.807) is 48.5 Å². The molecule has 0 fully saturated rings. The average Bonchev–Trinajstić information content (AvgIpc) is 2.96. The third-order valence-electron chi connectivity index (χ3n) is 2.84. The highest BCUT2D eigenvalue weighted by molar-refractivity contribution is 5.55. The lowest BCUT2D eigenvalue weighted by Gasteiger charge is -2.02. The molecule has 3 aromatic rings. The molecule has 3 rings (SSSR count). The first-order valence-electron chi connectivity index (χ1n) is 6.31. The highest BCUT2D eigenvalue weighted by Crippen LogP contribution is 2.20. The number of hydrogen-bond acceptors (Lipinski definition) is 6. The molecule has 1 heterocycles. The second-order valence-corrected chi connectivity index (χ2v) is 4.42. The Morgan fingerprint density at radius 3 is 2.48 bits per heavy atom. The molecule has 6 nitrogen and oxygen atoms in total. The number of benzene rings is 2. The minimum Gasteiger partial charge on any atom is -0.508 e. The lowest BCUT2D eigenvalue weighted by molar-refractivity contribution is 0.243. The molecule has 0 saturated heterocycles. The molecule has 0 bridgehead atoms. The van der Waals surface area contributed by atoms with Crippen LogP contribution in [0.25, 0.3) is 11.4 Å². The summed E-state index contributed by atoms with van der Waals surface area (Å²) in [5.41, 5.74) is 7.03. The summed E-state index contributed by atoms with van der Waals surface area (Å²) < 4.78 is 10.6. The molecular formula is C15H13N3O3. The summed E-state index contributed by atoms with van der Waals surface area (Å²) in [7, 11) is 0. The van der Waals surface area contributed by atoms with E-state index in [2.05, 4.69) is 10.1 Å². The van der Waals surface area contributed by atoms with Gasteiger partial charge in [-0.1, -0.05) is 5.16 Å². The number of nitrogen functional groups attached to an aromatic ring is 1. The van der Waals surface area contributed by atoms with Crippen LogP contribution >= 0.6 is 0 Å². The maximum absolute atomic E-state index is 9.25. The molecule has 0 saturated carbocycles. The number of ether oxygens (including phenoxy) is 1. The fraction of sp³-hybridized carbons (Fsp3) is 0.0667. The number of aromatic hydroxyl groups is 1. The molecule has 1 aromatic heterocycles. The van der Waals surface area contributed by atoms with E-state index in [-0.39, 0.29) is 12.4 Å². The number of aromatic nitrogens is 2. The number of rotatable bonds is 4. The Hall–Kier alpha value is -3.02. The van der Waals surface area contributed by atoms with Crippen molar-refractivity contribution in [2.24, 2.45) is 0 Å². The molecule has 2 aromatic carbocycles. The largest absolute Gasteiger partial charge is 0.508 e. The summed E-state index contributed by atoms with van der Waals surface area (Å²) in [6.45, 7) is 0.176. The Bertz CT molecular complexity index is 721. The molecule has 0 aliphatic rings. The van der Waals surface area contributed by atoms with Crippen LogP contribution in [-0.2, 0) is 6.61 Å². The molecular weight excluding hydrogens is 270 g/mol. The van der Waals surface area contributed by atoms with E-state index in [0.717, 1.165) is 5.56 Å². The summed E-state index contributed by atoms with van der Waals surface area (Å²) in [6, 6.07) is 13.6. The SMILES string of the molecule is Nc1ccc(OCc2nc(-c3ccc(O)cc3)no2)cc1. The third-order valence-corrected chi connectivity index (χ3v) is 2.84. The fourth-order valence-electron chi connectivity index (χ4n) is 1.75. The van der Waals surface area contributed by atoms with Gasteiger partial charge >= 0.3 is 0 Å². The second-order valence-electron chi connectivity index (χ2n) is 4.42. The molecule has 0 spiro atoms. The molecule has 0 aliphatic carbocycles. The van der Waals surface area contributed by atoms with Crippen molar-refractivity contribution in [3.05, 3.63) is 54.4 Å². The van der Waals surface area contributed by atoms with Crippen LogP contribution in [0, 0.1) is 0 Å². The molecule has 6 heteroatoms. The van der Waals surface area contributed by atoms with Crippen LogP contribution in [-0.4, -0.2) is 15.2 Å². The summed E-state index contributed by atoms with van der Waals surface area (Å²) >= 11 is 0. The van der Waals surface area contributed by atoms with Gasteiger partial charge in [0.05, 0.1) is 0 Å². The lowest BCUT2D eigenvalue weighted by Crippen LogP contribution is -1.96. The summed E-state index contributed by atoms with van der Waals surface area (Å²) in [4.78, 5) is 4.23. The molecule has 0 unspecified atom stereocenters. The van der Waals surface area contributed by atoms with Crippen LogP contribution in [0.15, 0.2) is 53.1 Å². The molecule has 0 atom stereocenters. The summed E-state index contributed by atoms with van der Waals surface area (Å²) in [5.74, 6) is 1.68. The lowest BCUT2D eigenvalue weighted by atomic mass is 10.2. The predicted octanol–water partition coefficient (Wildman–Crippen LogP) is 2.60. The quantitative estimate of drug-likeness (QED) is 0.715. The van der Waals surface area contributed by atoms with Crippen molar-refractivity contribution in [1.29, 1.82) is 0 Å². The molecule has 106 valence electrons. The van der Waals surface area contributed by atoms with Crippen molar-refractivity contribution in [3.63, 3.8) is 0 Å². The summed E-state index contributed by atoms with van der Waals surface area (Å²) in [5, 5.41) is 13.1. The van der Waals surface area contributed by atoms with Crippen molar-refractivity contribution in [1.82, 2.24) is 10.1 Å². The smallest absolute Gasteiger partial charge is 0.264 e. The van der Waals surface area contributed by atoms with Crippen molar-refractivity contribution >= 4 is 5.69 Å². The number of nitrogens with two attached hydrogens (primary N) is 1. The first-order valence-corrected chi connectivity index (χ1v) is 6.31. The second kappa shape index (κ2) is 5.54. The number of hydrogen-bond donors (Lipinski definition) is 2. The zero-order chi connectivity index (χ0) is 14.7. The van der Waals surface area contributed by atoms with Crippen LogP contribution < -0.4 is 10.5 Å². The van der Waals surface area contributed by atoms with Gasteiger partial charge in [-0.25, -0.2) is 0 Å². The van der Waals surface area contributed by atoms with E-state index in [1.165, 1.54) is 0 Å². The van der Waals surface area contributed by atoms with Crippen molar-refractivity contribution in [2.75, 3.05) is 5.73 Å². The standard InChI is InChI=1S/C15H13N3O3/c16-11-3-7-13(8-4-11)20-9-14-17-15(18-21-14)10-1-5-12(19)6-2-10/h1-8,19H,9,16H2. The molecule has 0 amide bonds. The Labute approximate surface area is 120 Å². The first kappa shape index (κ1) is 13.0. The Balaban J connectivity index is 1.67. The maximum atomic E-state index is 9.25. The van der Waals surface area contributed by atoms with Crippen LogP contribution in [0.5, 0.6) is 11.5 Å². The zero-order valence-corrected chi connectivity index (χ0v) is 11.1. The Kier molecular flexibility index (Phi) is 3.42. The van der Waals surface area contributed by atoms with Crippen LogP contribution in [0.2, 0.25) is 0 Å². The highest BCUT2D eigenvalue weighted by atomic mass is 16.5. The summed E-state index contributed by atoms with van der Waals surface area (Å²) in [6.07, 6.45) is 0. The third kappa shape index (κ3) is 3.11. The number of anilines is 1. The van der Waals surface area contributed by atoms with Crippen molar-refractivity contribution < 1.29 is 14.4 Å². The maximum Gasteiger partial charge on any atom is 0.264 e. The van der Waals surface area contributed by atoms with Gasteiger partial charge in [-0.2, -0.15) is 4.98 Å². The number of phenolic OH excluding ortho intramolecular Hbond substituents is 1. The normalized spacial score (nSPS) is 10.5. The van der Waals surface area contributed by atoms with Gasteiger partial charge in [-0.05, 0) is 48.5 Å². The minimum atomic E-state index is 0.176. The predicted molar refractivity (Wildman–Crippen MR) is 76.6 cm³/mol. The van der Waals surface area contributed by atoms with Crippen molar-refractivity contribution in [3.8, 4) is 22.9 Å². The van der Waals surface area contributed by atoms with Gasteiger partial charge < -0.3 is 20.1 Å². The van der Waals surface area contributed by atoms with Crippen LogP contribution in [0.1, 0.15) is 5.89 Å². The van der Waals surface area contributed by atoms with Gasteiger partial charge in [0.25, 0.3) is 5.89 Å². The average molecular weight is 283 g/mol. The van der Waals surface area contributed by atoms with Gasteiger partial charge in [0.2, 0.25) is 5.82 Å². The molecule has 0 aliphatic heterocycles. The van der Waals surface area contributed by atoms with Gasteiger partial charge in [0.1, 0.15) is 11.5 Å². The van der Waals surface area contributed by atoms with Gasteiger partial charge in [-0.3, -0.25) is 0 Å². The van der Waals surface area contributed by atoms with Crippen molar-refractivity contribution in [2.45, 2.75) is 6.61 Å². The molecule has 21 heavy (non-hydrogen) atoms. The van der Waals surface area contributed by atoms with E-state index >= 15 is 0 Å². The van der Waals surface area contributed by atoms with Gasteiger partial charge in [0, 0.05) is 11.3 Å². The number of phenols is 1. The minimum absolute atomic E-state index is 0.176. The Morgan fingerprint density at radius 1 is 1.05 bits per heavy atom. The zero-order valence-electron chi connectivity index (χ0n) is 11.1. The number of nitrogens with zero attached hydrogens (tertiary/aromatic N) is 2. The van der Waals surface area contributed by atoms with Crippen LogP contribution in [0.3, 0.4) is 0 Å². The Morgan fingerprint density at radius 2 is 1.76 bits per heavy atom. The van der Waals surface area contributed by atoms with E-state index in [1.807, 2.05) is 0 Å². The van der Waals surface area contributed by atoms with E-state index in [9.17, 15) is 5.11 Å². The fourth-order valence-corrected chi connectivity index (χ4v) is 1.75. The monoisotopic (exact) mass is 283 g/mol. The van der Waals surface area contributed by atoms with E-state index in [4.69, 9.17) is 15.0 Å².